The van der Waals surface area contributed by atoms with Crippen LogP contribution in [-0.4, -0.2) is 32.5 Å². The van der Waals surface area contributed by atoms with Crippen LogP contribution in [-0.2, 0) is 0 Å². The van der Waals surface area contributed by atoms with E-state index in [2.05, 4.69) is 15.2 Å². The standard InChI is InChI=1S/C18H18N4O2/c1-12-10-13(11-19-21-12)18(23)22-9-5-4-7-15(22)17-20-14-6-2-3-8-16(14)24-17/h2-3,6,8,10-11,15H,4-5,7,9H2,1H3. The van der Waals surface area contributed by atoms with Crippen molar-refractivity contribution >= 4 is 17.0 Å². The number of para-hydroxylation sites is 2. The number of aryl methyl sites for hydroxylation is 1. The third kappa shape index (κ3) is 2.64. The number of piperidine rings is 1. The SMILES string of the molecule is Cc1cc(C(=O)N2CCCCC2c2nc3ccccc3o2)cnn1. The highest BCUT2D eigenvalue weighted by atomic mass is 16.3. The molecule has 3 heterocycles. The molecule has 122 valence electrons. The summed E-state index contributed by atoms with van der Waals surface area (Å²) in [7, 11) is 0. The summed E-state index contributed by atoms with van der Waals surface area (Å²) < 4.78 is 5.91. The average molecular weight is 322 g/mol. The zero-order valence-corrected chi connectivity index (χ0v) is 13.5. The van der Waals surface area contributed by atoms with Gasteiger partial charge in [-0.05, 0) is 44.4 Å². The van der Waals surface area contributed by atoms with E-state index < -0.39 is 0 Å². The number of carbonyl (C=O) groups is 1. The zero-order chi connectivity index (χ0) is 16.5. The number of aromatic nitrogens is 3. The summed E-state index contributed by atoms with van der Waals surface area (Å²) in [5.74, 6) is 0.572. The fraction of sp³-hybridized carbons (Fsp3) is 0.333. The van der Waals surface area contributed by atoms with E-state index in [1.807, 2.05) is 36.1 Å². The van der Waals surface area contributed by atoms with E-state index in [1.54, 1.807) is 6.07 Å². The Hall–Kier alpha value is -2.76. The minimum absolute atomic E-state index is 0.0417. The van der Waals surface area contributed by atoms with Gasteiger partial charge in [0.2, 0.25) is 5.89 Å². The molecule has 0 N–H and O–H groups in total. The van der Waals surface area contributed by atoms with Gasteiger partial charge in [0.25, 0.3) is 5.91 Å². The highest BCUT2D eigenvalue weighted by Crippen LogP contribution is 2.33. The van der Waals surface area contributed by atoms with Gasteiger partial charge in [0.1, 0.15) is 11.6 Å². The summed E-state index contributed by atoms with van der Waals surface area (Å²) in [6, 6.07) is 9.32. The topological polar surface area (TPSA) is 72.1 Å². The van der Waals surface area contributed by atoms with E-state index in [0.29, 0.717) is 18.0 Å². The molecular weight excluding hydrogens is 304 g/mol. The molecule has 1 saturated heterocycles. The van der Waals surface area contributed by atoms with Gasteiger partial charge in [0, 0.05) is 6.54 Å². The Morgan fingerprint density at radius 3 is 3.00 bits per heavy atom. The fourth-order valence-corrected chi connectivity index (χ4v) is 3.22. The number of carbonyl (C=O) groups excluding carboxylic acids is 1. The maximum atomic E-state index is 12.9. The van der Waals surface area contributed by atoms with Crippen molar-refractivity contribution in [2.75, 3.05) is 6.54 Å². The first-order valence-electron chi connectivity index (χ1n) is 8.18. The molecule has 1 fully saturated rings. The summed E-state index contributed by atoms with van der Waals surface area (Å²) in [4.78, 5) is 19.4. The maximum Gasteiger partial charge on any atom is 0.256 e. The number of nitrogens with zero attached hydrogens (tertiary/aromatic N) is 4. The lowest BCUT2D eigenvalue weighted by molar-refractivity contribution is 0.0573. The minimum atomic E-state index is -0.132. The lowest BCUT2D eigenvalue weighted by atomic mass is 10.0. The number of oxazole rings is 1. The third-order valence-electron chi connectivity index (χ3n) is 4.38. The first-order valence-corrected chi connectivity index (χ1v) is 8.18. The Morgan fingerprint density at radius 1 is 1.29 bits per heavy atom. The number of hydrogen-bond acceptors (Lipinski definition) is 5. The Labute approximate surface area is 139 Å². The molecule has 0 radical (unpaired) electrons. The van der Waals surface area contributed by atoms with Gasteiger partial charge in [0.05, 0.1) is 17.5 Å². The van der Waals surface area contributed by atoms with Crippen LogP contribution in [0.3, 0.4) is 0 Å². The molecule has 1 aromatic carbocycles. The van der Waals surface area contributed by atoms with E-state index in [-0.39, 0.29) is 11.9 Å². The molecule has 6 heteroatoms. The Bertz CT molecular complexity index is 856. The first-order chi connectivity index (χ1) is 11.7. The van der Waals surface area contributed by atoms with E-state index in [4.69, 9.17) is 4.42 Å². The van der Waals surface area contributed by atoms with Crippen LogP contribution in [0.2, 0.25) is 0 Å². The van der Waals surface area contributed by atoms with Crippen LogP contribution >= 0.6 is 0 Å². The molecule has 0 spiro atoms. The molecule has 0 bridgehead atoms. The smallest absolute Gasteiger partial charge is 0.256 e. The quantitative estimate of drug-likeness (QED) is 0.724. The second-order valence-corrected chi connectivity index (χ2v) is 6.12. The van der Waals surface area contributed by atoms with Gasteiger partial charge in [-0.2, -0.15) is 10.2 Å². The van der Waals surface area contributed by atoms with Gasteiger partial charge in [-0.1, -0.05) is 12.1 Å². The van der Waals surface area contributed by atoms with Crippen molar-refractivity contribution in [2.24, 2.45) is 0 Å². The van der Waals surface area contributed by atoms with E-state index >= 15 is 0 Å². The lowest BCUT2D eigenvalue weighted by Crippen LogP contribution is -2.38. The predicted octanol–water partition coefficient (Wildman–Crippen LogP) is 3.29. The van der Waals surface area contributed by atoms with Gasteiger partial charge >= 0.3 is 0 Å². The molecule has 0 aliphatic carbocycles. The van der Waals surface area contributed by atoms with Crippen LogP contribution in [0.15, 0.2) is 40.9 Å². The number of likely N-dealkylation sites (tertiary alicyclic amines) is 1. The molecule has 2 aromatic heterocycles. The number of hydrogen-bond donors (Lipinski definition) is 0. The molecule has 0 saturated carbocycles. The van der Waals surface area contributed by atoms with Crippen LogP contribution in [0.1, 0.15) is 47.2 Å². The number of rotatable bonds is 2. The van der Waals surface area contributed by atoms with Crippen molar-refractivity contribution in [3.05, 3.63) is 53.7 Å². The van der Waals surface area contributed by atoms with Crippen LogP contribution in [0.4, 0.5) is 0 Å². The Morgan fingerprint density at radius 2 is 2.17 bits per heavy atom. The number of fused-ring (bicyclic) bond motifs is 1. The van der Waals surface area contributed by atoms with Crippen LogP contribution in [0.5, 0.6) is 0 Å². The molecule has 1 unspecified atom stereocenters. The summed E-state index contributed by atoms with van der Waals surface area (Å²) in [5.41, 5.74) is 2.88. The number of amides is 1. The van der Waals surface area contributed by atoms with Crippen LogP contribution < -0.4 is 0 Å². The van der Waals surface area contributed by atoms with Crippen LogP contribution in [0, 0.1) is 6.92 Å². The second-order valence-electron chi connectivity index (χ2n) is 6.12. The minimum Gasteiger partial charge on any atom is -0.438 e. The largest absolute Gasteiger partial charge is 0.438 e. The van der Waals surface area contributed by atoms with Gasteiger partial charge in [0.15, 0.2) is 5.58 Å². The van der Waals surface area contributed by atoms with Gasteiger partial charge in [-0.3, -0.25) is 4.79 Å². The van der Waals surface area contributed by atoms with Crippen molar-refractivity contribution in [3.8, 4) is 0 Å². The second kappa shape index (κ2) is 6.03. The summed E-state index contributed by atoms with van der Waals surface area (Å²) >= 11 is 0. The van der Waals surface area contributed by atoms with E-state index in [0.717, 1.165) is 36.1 Å². The molecular formula is C18H18N4O2. The molecule has 4 rings (SSSR count). The summed E-state index contributed by atoms with van der Waals surface area (Å²) in [6.45, 7) is 2.53. The van der Waals surface area contributed by atoms with Gasteiger partial charge in [-0.15, -0.1) is 0 Å². The van der Waals surface area contributed by atoms with Crippen molar-refractivity contribution in [3.63, 3.8) is 0 Å². The maximum absolute atomic E-state index is 12.9. The highest BCUT2D eigenvalue weighted by molar-refractivity contribution is 5.94. The molecule has 1 aliphatic rings. The summed E-state index contributed by atoms with van der Waals surface area (Å²) in [6.07, 6.45) is 4.42. The monoisotopic (exact) mass is 322 g/mol. The Balaban J connectivity index is 1.69. The predicted molar refractivity (Wildman–Crippen MR) is 88.4 cm³/mol. The highest BCUT2D eigenvalue weighted by Gasteiger charge is 2.32. The fourth-order valence-electron chi connectivity index (χ4n) is 3.22. The van der Waals surface area contributed by atoms with Crippen molar-refractivity contribution in [2.45, 2.75) is 32.2 Å². The zero-order valence-electron chi connectivity index (χ0n) is 13.5. The first kappa shape index (κ1) is 14.8. The molecule has 3 aromatic rings. The number of benzene rings is 1. The Kier molecular flexibility index (Phi) is 3.72. The van der Waals surface area contributed by atoms with Crippen molar-refractivity contribution in [1.82, 2.24) is 20.1 Å². The van der Waals surface area contributed by atoms with Crippen molar-refractivity contribution in [1.29, 1.82) is 0 Å². The molecule has 6 nitrogen and oxygen atoms in total. The molecule has 1 amide bonds. The van der Waals surface area contributed by atoms with E-state index in [1.165, 1.54) is 6.20 Å². The van der Waals surface area contributed by atoms with E-state index in [9.17, 15) is 4.79 Å². The molecule has 1 atom stereocenters. The molecule has 1 aliphatic heterocycles. The third-order valence-corrected chi connectivity index (χ3v) is 4.38. The lowest BCUT2D eigenvalue weighted by Gasteiger charge is -2.33. The van der Waals surface area contributed by atoms with Gasteiger partial charge < -0.3 is 9.32 Å². The van der Waals surface area contributed by atoms with Gasteiger partial charge in [-0.25, -0.2) is 4.98 Å². The summed E-state index contributed by atoms with van der Waals surface area (Å²) in [5, 5.41) is 7.82. The molecule has 24 heavy (non-hydrogen) atoms. The van der Waals surface area contributed by atoms with Crippen molar-refractivity contribution < 1.29 is 9.21 Å². The normalized spacial score (nSPS) is 18.0. The van der Waals surface area contributed by atoms with Crippen LogP contribution in [0.25, 0.3) is 11.1 Å². The average Bonchev–Trinajstić information content (AvgIpc) is 3.05.